The highest BCUT2D eigenvalue weighted by Gasteiger charge is 2.43. The third-order valence-corrected chi connectivity index (χ3v) is 5.90. The number of benzene rings is 2. The average Bonchev–Trinajstić information content (AvgIpc) is 3.18. The van der Waals surface area contributed by atoms with Crippen molar-refractivity contribution in [3.8, 4) is 6.07 Å². The van der Waals surface area contributed by atoms with E-state index in [1.54, 1.807) is 47.4 Å². The molecule has 0 spiro atoms. The lowest BCUT2D eigenvalue weighted by molar-refractivity contribution is -0.139. The number of anilines is 1. The molecule has 2 aromatic rings. The number of hydrogen-bond donors (Lipinski definition) is 2. The Bertz CT molecular complexity index is 1160. The molecule has 2 N–H and O–H groups in total. The maximum atomic E-state index is 13.3. The van der Waals surface area contributed by atoms with Gasteiger partial charge in [0.1, 0.15) is 5.70 Å². The summed E-state index contributed by atoms with van der Waals surface area (Å²) in [6, 6.07) is 15.7. The number of fused-ring (bicyclic) bond motifs is 1. The molecule has 1 fully saturated rings. The van der Waals surface area contributed by atoms with E-state index in [1.807, 2.05) is 36.1 Å². The van der Waals surface area contributed by atoms with E-state index < -0.39 is 0 Å². The van der Waals surface area contributed by atoms with Crippen LogP contribution in [0.4, 0.5) is 5.69 Å². The highest BCUT2D eigenvalue weighted by molar-refractivity contribution is 5.96. The van der Waals surface area contributed by atoms with Gasteiger partial charge in [0, 0.05) is 24.8 Å². The van der Waals surface area contributed by atoms with Crippen LogP contribution in [0.5, 0.6) is 0 Å². The van der Waals surface area contributed by atoms with E-state index in [4.69, 9.17) is 0 Å². The second kappa shape index (κ2) is 9.14. The van der Waals surface area contributed by atoms with Gasteiger partial charge in [0.2, 0.25) is 6.41 Å². The average molecular weight is 444 g/mol. The summed E-state index contributed by atoms with van der Waals surface area (Å²) in [5.41, 5.74) is 2.77. The molecule has 168 valence electrons. The Kier molecular flexibility index (Phi) is 6.11. The van der Waals surface area contributed by atoms with E-state index >= 15 is 0 Å². The van der Waals surface area contributed by atoms with Crippen molar-refractivity contribution in [3.63, 3.8) is 0 Å². The van der Waals surface area contributed by atoms with Crippen LogP contribution < -0.4 is 10.6 Å². The van der Waals surface area contributed by atoms with Crippen molar-refractivity contribution >= 4 is 23.9 Å². The Labute approximate surface area is 191 Å². The molecule has 2 heterocycles. The van der Waals surface area contributed by atoms with Gasteiger partial charge in [0.15, 0.2) is 0 Å². The van der Waals surface area contributed by atoms with Gasteiger partial charge in [-0.15, -0.1) is 0 Å². The summed E-state index contributed by atoms with van der Waals surface area (Å²) >= 11 is 0. The Morgan fingerprint density at radius 3 is 2.70 bits per heavy atom. The quantitative estimate of drug-likeness (QED) is 0.658. The molecule has 2 atom stereocenters. The van der Waals surface area contributed by atoms with Crippen molar-refractivity contribution in [2.45, 2.75) is 19.0 Å². The summed E-state index contributed by atoms with van der Waals surface area (Å²) in [6.07, 6.45) is 2.42. The summed E-state index contributed by atoms with van der Waals surface area (Å²) in [5, 5.41) is 18.6. The van der Waals surface area contributed by atoms with Gasteiger partial charge in [-0.05, 0) is 42.8 Å². The summed E-state index contributed by atoms with van der Waals surface area (Å²) in [5.74, 6) is -0.426. The van der Waals surface area contributed by atoms with Crippen LogP contribution in [0.2, 0.25) is 0 Å². The highest BCUT2D eigenvalue weighted by atomic mass is 16.2. The fourth-order valence-electron chi connectivity index (χ4n) is 4.36. The minimum Gasteiger partial charge on any atom is -0.334 e. The maximum Gasteiger partial charge on any atom is 0.272 e. The topological polar surface area (TPSA) is 109 Å². The van der Waals surface area contributed by atoms with Gasteiger partial charge in [-0.1, -0.05) is 24.3 Å². The molecule has 1 saturated heterocycles. The molecule has 2 aliphatic rings. The summed E-state index contributed by atoms with van der Waals surface area (Å²) in [6.45, 7) is 2.55. The zero-order valence-electron chi connectivity index (χ0n) is 18.4. The molecule has 9 heteroatoms. The first kappa shape index (κ1) is 22.0. The number of carbonyl (C=O) groups is 3. The lowest BCUT2D eigenvalue weighted by Gasteiger charge is -2.43. The predicted octanol–water partition coefficient (Wildman–Crippen LogP) is 1.83. The number of rotatable bonds is 6. The minimum atomic E-state index is -0.305. The van der Waals surface area contributed by atoms with Gasteiger partial charge >= 0.3 is 0 Å². The number of hydrazine groups is 1. The monoisotopic (exact) mass is 444 g/mol. The molecule has 0 aromatic heterocycles. The predicted molar refractivity (Wildman–Crippen MR) is 121 cm³/mol. The van der Waals surface area contributed by atoms with Crippen LogP contribution in [-0.2, 0) is 9.59 Å². The van der Waals surface area contributed by atoms with Crippen molar-refractivity contribution in [1.82, 2.24) is 20.2 Å². The summed E-state index contributed by atoms with van der Waals surface area (Å²) in [7, 11) is 1.88. The Balaban J connectivity index is 1.56. The van der Waals surface area contributed by atoms with Crippen LogP contribution in [0.15, 0.2) is 60.3 Å². The first-order valence-electron chi connectivity index (χ1n) is 10.5. The van der Waals surface area contributed by atoms with Crippen LogP contribution in [0.3, 0.4) is 0 Å². The van der Waals surface area contributed by atoms with E-state index in [0.717, 1.165) is 5.56 Å². The number of nitriles is 1. The lowest BCUT2D eigenvalue weighted by atomic mass is 10.0. The van der Waals surface area contributed by atoms with E-state index in [9.17, 15) is 19.6 Å². The summed E-state index contributed by atoms with van der Waals surface area (Å²) in [4.78, 5) is 38.4. The number of nitrogens with one attached hydrogen (secondary N) is 2. The number of likely N-dealkylation sites (N-methyl/N-ethyl adjacent to an activating group) is 1. The smallest absolute Gasteiger partial charge is 0.272 e. The molecule has 3 amide bonds. The molecule has 0 saturated carbocycles. The molecule has 0 bridgehead atoms. The van der Waals surface area contributed by atoms with Crippen molar-refractivity contribution < 1.29 is 14.4 Å². The maximum absolute atomic E-state index is 13.3. The number of carbonyl (C=O) groups excluding carboxylic acids is 3. The Hall–Kier alpha value is -4.16. The van der Waals surface area contributed by atoms with Gasteiger partial charge in [-0.25, -0.2) is 5.01 Å². The fraction of sp³-hybridized carbons (Fsp3) is 0.250. The third-order valence-electron chi connectivity index (χ3n) is 5.90. The number of nitrogens with zero attached hydrogens (tertiary/aromatic N) is 4. The Morgan fingerprint density at radius 1 is 1.24 bits per heavy atom. The molecule has 4 rings (SSSR count). The fourth-order valence-corrected chi connectivity index (χ4v) is 4.36. The van der Waals surface area contributed by atoms with Crippen LogP contribution in [0, 0.1) is 11.3 Å². The largest absolute Gasteiger partial charge is 0.334 e. The lowest BCUT2D eigenvalue weighted by Crippen LogP contribution is -2.57. The second-order valence-corrected chi connectivity index (χ2v) is 8.00. The standard InChI is InChI=1S/C24H24N6O3/c1-16-13-29(14-26-23(32)18-6-4-3-5-7-18)24(33)22-11-21(28(2)30(16)22)19-9-8-17(12-25)10-20(19)27-15-31/h3-11,15-16,21H,13-14H2,1-2H3,(H,26,32)(H,27,31). The van der Waals surface area contributed by atoms with E-state index in [2.05, 4.69) is 16.7 Å². The first-order valence-corrected chi connectivity index (χ1v) is 10.5. The van der Waals surface area contributed by atoms with E-state index in [1.165, 1.54) is 0 Å². The van der Waals surface area contributed by atoms with Gasteiger partial charge in [0.05, 0.1) is 30.4 Å². The number of piperazine rings is 1. The molecular formula is C24H24N6O3. The van der Waals surface area contributed by atoms with Crippen LogP contribution >= 0.6 is 0 Å². The molecule has 33 heavy (non-hydrogen) atoms. The Morgan fingerprint density at radius 2 is 2.00 bits per heavy atom. The van der Waals surface area contributed by atoms with Gasteiger partial charge < -0.3 is 15.5 Å². The third kappa shape index (κ3) is 4.16. The molecule has 2 aliphatic heterocycles. The van der Waals surface area contributed by atoms with Gasteiger partial charge in [-0.2, -0.15) is 5.26 Å². The zero-order chi connectivity index (χ0) is 23.5. The van der Waals surface area contributed by atoms with Gasteiger partial charge in [-0.3, -0.25) is 19.4 Å². The molecule has 2 unspecified atom stereocenters. The highest BCUT2D eigenvalue weighted by Crippen LogP contribution is 2.39. The second-order valence-electron chi connectivity index (χ2n) is 8.00. The van der Waals surface area contributed by atoms with E-state index in [-0.39, 0.29) is 30.6 Å². The SMILES string of the molecule is CC1CN(CNC(=O)c2ccccc2)C(=O)C2=CC(c3ccc(C#N)cc3NC=O)N(C)N21. The minimum absolute atomic E-state index is 0.0292. The molecule has 0 radical (unpaired) electrons. The molecule has 2 aromatic carbocycles. The van der Waals surface area contributed by atoms with Crippen molar-refractivity contribution in [2.75, 3.05) is 25.6 Å². The van der Waals surface area contributed by atoms with Crippen molar-refractivity contribution in [1.29, 1.82) is 5.26 Å². The first-order chi connectivity index (χ1) is 15.9. The van der Waals surface area contributed by atoms with Crippen molar-refractivity contribution in [2.24, 2.45) is 0 Å². The normalized spacial score (nSPS) is 20.0. The molecule has 0 aliphatic carbocycles. The number of hydrogen-bond acceptors (Lipinski definition) is 6. The molecule has 9 nitrogen and oxygen atoms in total. The zero-order valence-corrected chi connectivity index (χ0v) is 18.4. The van der Waals surface area contributed by atoms with Crippen LogP contribution in [-0.4, -0.2) is 59.4 Å². The van der Waals surface area contributed by atoms with Crippen LogP contribution in [0.25, 0.3) is 0 Å². The van der Waals surface area contributed by atoms with Gasteiger partial charge in [0.25, 0.3) is 11.8 Å². The van der Waals surface area contributed by atoms with E-state index in [0.29, 0.717) is 35.5 Å². The van der Waals surface area contributed by atoms with Crippen LogP contribution in [0.1, 0.15) is 34.5 Å². The van der Waals surface area contributed by atoms with Crippen molar-refractivity contribution in [3.05, 3.63) is 77.0 Å². The number of amides is 3. The summed E-state index contributed by atoms with van der Waals surface area (Å²) < 4.78 is 0. The molecular weight excluding hydrogens is 420 g/mol.